The number of hydrogen-bond donors (Lipinski definition) is 0. The zero-order valence-electron chi connectivity index (χ0n) is 26.5. The van der Waals surface area contributed by atoms with Crippen molar-refractivity contribution in [1.82, 2.24) is 15.0 Å². The topological polar surface area (TPSA) is 38.7 Å². The molecule has 0 saturated carbocycles. The summed E-state index contributed by atoms with van der Waals surface area (Å²) >= 11 is 1.84. The lowest BCUT2D eigenvalue weighted by atomic mass is 9.98. The number of rotatable bonds is 6. The van der Waals surface area contributed by atoms with Crippen LogP contribution in [-0.4, -0.2) is 15.0 Å². The molecule has 0 spiro atoms. The van der Waals surface area contributed by atoms with Crippen molar-refractivity contribution in [3.8, 4) is 67.5 Å². The van der Waals surface area contributed by atoms with Crippen LogP contribution in [0.1, 0.15) is 0 Å². The first-order valence-electron chi connectivity index (χ1n) is 16.4. The number of benzene rings is 7. The lowest BCUT2D eigenvalue weighted by molar-refractivity contribution is 1.07. The summed E-state index contributed by atoms with van der Waals surface area (Å²) in [6.45, 7) is 0. The third-order valence-electron chi connectivity index (χ3n) is 8.95. The minimum atomic E-state index is 0.642. The molecule has 0 saturated heterocycles. The van der Waals surface area contributed by atoms with Crippen LogP contribution in [0.2, 0.25) is 0 Å². The molecule has 0 bridgehead atoms. The predicted octanol–water partition coefficient (Wildman–Crippen LogP) is 12.2. The molecule has 0 fully saturated rings. The van der Waals surface area contributed by atoms with Gasteiger partial charge in [-0.05, 0) is 57.6 Å². The van der Waals surface area contributed by atoms with Crippen LogP contribution in [0.15, 0.2) is 176 Å². The molecule has 9 aromatic rings. The zero-order valence-corrected chi connectivity index (χ0v) is 27.3. The molecule has 9 rings (SSSR count). The van der Waals surface area contributed by atoms with Gasteiger partial charge in [-0.15, -0.1) is 11.3 Å². The Labute approximate surface area is 288 Å². The molecule has 0 amide bonds. The quantitative estimate of drug-likeness (QED) is 0.181. The fourth-order valence-electron chi connectivity index (χ4n) is 6.51. The Hall–Kier alpha value is -6.23. The van der Waals surface area contributed by atoms with Crippen molar-refractivity contribution in [3.63, 3.8) is 0 Å². The van der Waals surface area contributed by atoms with Gasteiger partial charge in [0.05, 0.1) is 0 Å². The smallest absolute Gasteiger partial charge is 0.164 e. The molecule has 7 aromatic carbocycles. The summed E-state index contributed by atoms with van der Waals surface area (Å²) in [5.74, 6) is 1.94. The summed E-state index contributed by atoms with van der Waals surface area (Å²) in [4.78, 5) is 15.1. The second kappa shape index (κ2) is 12.4. The van der Waals surface area contributed by atoms with Crippen LogP contribution in [0, 0.1) is 0 Å². The van der Waals surface area contributed by atoms with Gasteiger partial charge in [0, 0.05) is 36.9 Å². The average Bonchev–Trinajstić information content (AvgIpc) is 3.58. The van der Waals surface area contributed by atoms with Crippen LogP contribution in [0.3, 0.4) is 0 Å². The van der Waals surface area contributed by atoms with Crippen molar-refractivity contribution in [3.05, 3.63) is 176 Å². The summed E-state index contributed by atoms with van der Waals surface area (Å²) in [5, 5.41) is 2.60. The van der Waals surface area contributed by atoms with Gasteiger partial charge in [0.25, 0.3) is 0 Å². The van der Waals surface area contributed by atoms with Crippen molar-refractivity contribution in [2.45, 2.75) is 0 Å². The molecule has 0 aliphatic heterocycles. The Morgan fingerprint density at radius 2 is 0.755 bits per heavy atom. The molecule has 0 N–H and O–H groups in total. The number of fused-ring (bicyclic) bond motifs is 3. The highest BCUT2D eigenvalue weighted by Gasteiger charge is 2.15. The summed E-state index contributed by atoms with van der Waals surface area (Å²) in [6.07, 6.45) is 0. The lowest BCUT2D eigenvalue weighted by Gasteiger charge is -2.11. The molecule has 3 nitrogen and oxygen atoms in total. The monoisotopic (exact) mass is 643 g/mol. The van der Waals surface area contributed by atoms with Gasteiger partial charge in [-0.25, -0.2) is 15.0 Å². The fraction of sp³-hybridized carbons (Fsp3) is 0. The largest absolute Gasteiger partial charge is 0.208 e. The fourth-order valence-corrected chi connectivity index (χ4v) is 7.64. The predicted molar refractivity (Wildman–Crippen MR) is 205 cm³/mol. The Balaban J connectivity index is 1.12. The van der Waals surface area contributed by atoms with Gasteiger partial charge < -0.3 is 0 Å². The Bertz CT molecular complexity index is 2590. The summed E-state index contributed by atoms with van der Waals surface area (Å²) < 4.78 is 2.60. The van der Waals surface area contributed by atoms with Gasteiger partial charge >= 0.3 is 0 Å². The van der Waals surface area contributed by atoms with Crippen LogP contribution < -0.4 is 0 Å². The standard InChI is InChI=1S/C45H29N3S/c1-3-12-30(13-4-1)34-16-9-17-35(28-34)36-18-10-19-37(29-36)45-47-43(32-14-5-2-6-15-32)46-44(48-45)33-26-24-31(25-27-33)38-21-11-23-41-42(38)39-20-7-8-22-40(39)49-41/h1-29H. The van der Waals surface area contributed by atoms with E-state index in [0.29, 0.717) is 17.5 Å². The Morgan fingerprint density at radius 1 is 0.306 bits per heavy atom. The van der Waals surface area contributed by atoms with Crippen molar-refractivity contribution < 1.29 is 0 Å². The normalized spacial score (nSPS) is 11.3. The molecular formula is C45H29N3S. The third-order valence-corrected chi connectivity index (χ3v) is 10.1. The Morgan fingerprint density at radius 3 is 1.45 bits per heavy atom. The molecule has 0 atom stereocenters. The van der Waals surface area contributed by atoms with E-state index in [-0.39, 0.29) is 0 Å². The second-order valence-electron chi connectivity index (χ2n) is 12.1. The molecule has 0 radical (unpaired) electrons. The number of nitrogens with zero attached hydrogens (tertiary/aromatic N) is 3. The highest BCUT2D eigenvalue weighted by Crippen LogP contribution is 2.40. The molecule has 230 valence electrons. The first kappa shape index (κ1) is 29.0. The van der Waals surface area contributed by atoms with Gasteiger partial charge in [-0.1, -0.05) is 152 Å². The SMILES string of the molecule is c1ccc(-c2cccc(-c3cccc(-c4nc(-c5ccccc5)nc(-c5ccc(-c6cccc7sc8ccccc8c67)cc5)n4)c3)c2)cc1. The van der Waals surface area contributed by atoms with E-state index in [4.69, 9.17) is 15.0 Å². The lowest BCUT2D eigenvalue weighted by Crippen LogP contribution is -2.00. The van der Waals surface area contributed by atoms with E-state index in [0.717, 1.165) is 27.8 Å². The number of thiophene rings is 1. The minimum absolute atomic E-state index is 0.642. The van der Waals surface area contributed by atoms with Crippen molar-refractivity contribution in [1.29, 1.82) is 0 Å². The van der Waals surface area contributed by atoms with Gasteiger partial charge in [0.15, 0.2) is 17.5 Å². The zero-order chi connectivity index (χ0) is 32.6. The molecule has 0 unspecified atom stereocenters. The van der Waals surface area contributed by atoms with Crippen LogP contribution in [0.25, 0.3) is 87.7 Å². The molecule has 49 heavy (non-hydrogen) atoms. The van der Waals surface area contributed by atoms with Crippen LogP contribution in [0.5, 0.6) is 0 Å². The van der Waals surface area contributed by atoms with E-state index in [1.54, 1.807) is 0 Å². The van der Waals surface area contributed by atoms with Crippen LogP contribution >= 0.6 is 11.3 Å². The molecule has 0 aliphatic rings. The van der Waals surface area contributed by atoms with E-state index in [1.165, 1.54) is 42.4 Å². The van der Waals surface area contributed by atoms with Gasteiger partial charge in [0.1, 0.15) is 0 Å². The second-order valence-corrected chi connectivity index (χ2v) is 13.1. The molecule has 4 heteroatoms. The maximum atomic E-state index is 5.06. The van der Waals surface area contributed by atoms with E-state index in [1.807, 2.05) is 47.7 Å². The maximum Gasteiger partial charge on any atom is 0.164 e. The summed E-state index contributed by atoms with van der Waals surface area (Å²) in [7, 11) is 0. The first-order valence-corrected chi connectivity index (χ1v) is 17.2. The van der Waals surface area contributed by atoms with E-state index < -0.39 is 0 Å². The third kappa shape index (κ3) is 5.58. The molecular weight excluding hydrogens is 615 g/mol. The highest BCUT2D eigenvalue weighted by molar-refractivity contribution is 7.25. The molecule has 2 heterocycles. The van der Waals surface area contributed by atoms with Crippen molar-refractivity contribution >= 4 is 31.5 Å². The number of aromatic nitrogens is 3. The average molecular weight is 644 g/mol. The van der Waals surface area contributed by atoms with Crippen LogP contribution in [0.4, 0.5) is 0 Å². The molecule has 2 aromatic heterocycles. The summed E-state index contributed by atoms with van der Waals surface area (Å²) in [6, 6.07) is 61.6. The van der Waals surface area contributed by atoms with Gasteiger partial charge in [0.2, 0.25) is 0 Å². The van der Waals surface area contributed by atoms with E-state index >= 15 is 0 Å². The minimum Gasteiger partial charge on any atom is -0.208 e. The van der Waals surface area contributed by atoms with Gasteiger partial charge in [-0.3, -0.25) is 0 Å². The van der Waals surface area contributed by atoms with Crippen LogP contribution in [-0.2, 0) is 0 Å². The van der Waals surface area contributed by atoms with Gasteiger partial charge in [-0.2, -0.15) is 0 Å². The number of hydrogen-bond acceptors (Lipinski definition) is 4. The first-order chi connectivity index (χ1) is 24.3. The highest BCUT2D eigenvalue weighted by atomic mass is 32.1. The molecule has 0 aliphatic carbocycles. The van der Waals surface area contributed by atoms with Crippen molar-refractivity contribution in [2.75, 3.05) is 0 Å². The van der Waals surface area contributed by atoms with Crippen molar-refractivity contribution in [2.24, 2.45) is 0 Å². The Kier molecular flexibility index (Phi) is 7.34. The summed E-state index contributed by atoms with van der Waals surface area (Å²) in [5.41, 5.74) is 9.87. The maximum absolute atomic E-state index is 5.06. The van der Waals surface area contributed by atoms with E-state index in [9.17, 15) is 0 Å². The van der Waals surface area contributed by atoms with E-state index in [2.05, 4.69) is 140 Å².